The van der Waals surface area contributed by atoms with Gasteiger partial charge in [-0.05, 0) is 60.0 Å². The molecule has 0 fully saturated rings. The molecule has 0 saturated carbocycles. The van der Waals surface area contributed by atoms with Crippen molar-refractivity contribution in [2.75, 3.05) is 0 Å². The zero-order chi connectivity index (χ0) is 23.8. The van der Waals surface area contributed by atoms with E-state index in [4.69, 9.17) is 27.9 Å². The number of aromatic amines is 1. The van der Waals surface area contributed by atoms with Gasteiger partial charge in [0.2, 0.25) is 0 Å². The molecule has 10 heteroatoms. The first-order valence-electron chi connectivity index (χ1n) is 9.92. The summed E-state index contributed by atoms with van der Waals surface area (Å²) in [4.78, 5) is 19.7. The first kappa shape index (κ1) is 23.1. The first-order valence-corrected chi connectivity index (χ1v) is 12.2. The van der Waals surface area contributed by atoms with E-state index in [0.29, 0.717) is 22.7 Å². The van der Waals surface area contributed by atoms with Gasteiger partial charge in [0.1, 0.15) is 10.6 Å². The van der Waals surface area contributed by atoms with Gasteiger partial charge in [0.15, 0.2) is 0 Å². The molecule has 0 aliphatic heterocycles. The number of imidazole rings is 1. The summed E-state index contributed by atoms with van der Waals surface area (Å²) in [7, 11) is -4.19. The maximum atomic E-state index is 12.6. The van der Waals surface area contributed by atoms with Crippen LogP contribution < -0.4 is 9.46 Å². The predicted octanol–water partition coefficient (Wildman–Crippen LogP) is 5.90. The molecule has 33 heavy (non-hydrogen) atoms. The van der Waals surface area contributed by atoms with E-state index in [-0.39, 0.29) is 26.5 Å². The molecule has 4 rings (SSSR count). The summed E-state index contributed by atoms with van der Waals surface area (Å²) in [5.74, 6) is 0.209. The maximum Gasteiger partial charge on any atom is 0.300 e. The average Bonchev–Trinajstić information content (AvgIpc) is 3.14. The summed E-state index contributed by atoms with van der Waals surface area (Å²) in [6, 6.07) is 16.4. The fourth-order valence-electron chi connectivity index (χ4n) is 3.14. The van der Waals surface area contributed by atoms with Crippen molar-refractivity contribution in [1.29, 1.82) is 0 Å². The summed E-state index contributed by atoms with van der Waals surface area (Å²) in [6.07, 6.45) is 0. The molecule has 0 spiro atoms. The van der Waals surface area contributed by atoms with Crippen LogP contribution in [0.15, 0.2) is 65.6 Å². The largest absolute Gasteiger partial charge is 0.426 e. The number of rotatable bonds is 6. The number of carbonyl (C=O) groups excluding carboxylic acids is 1. The molecule has 3 aromatic carbocycles. The quantitative estimate of drug-likeness (QED) is 0.340. The fourth-order valence-corrected chi connectivity index (χ4v) is 4.89. The molecule has 0 bridgehead atoms. The van der Waals surface area contributed by atoms with E-state index in [1.807, 2.05) is 29.0 Å². The topological polar surface area (TPSA) is 101 Å². The first-order chi connectivity index (χ1) is 15.6. The molecule has 170 valence electrons. The highest BCUT2D eigenvalue weighted by molar-refractivity contribution is 7.90. The third-order valence-electron chi connectivity index (χ3n) is 4.89. The Morgan fingerprint density at radius 3 is 2.42 bits per heavy atom. The van der Waals surface area contributed by atoms with Gasteiger partial charge in [0.05, 0.1) is 16.1 Å². The van der Waals surface area contributed by atoms with Crippen molar-refractivity contribution in [2.45, 2.75) is 24.7 Å². The van der Waals surface area contributed by atoms with E-state index in [1.165, 1.54) is 35.9 Å². The van der Waals surface area contributed by atoms with Crippen molar-refractivity contribution >= 4 is 50.2 Å². The van der Waals surface area contributed by atoms with Gasteiger partial charge in [-0.3, -0.25) is 4.79 Å². The number of hydrogen-bond donors (Lipinski definition) is 2. The number of benzene rings is 3. The van der Waals surface area contributed by atoms with Crippen molar-refractivity contribution in [2.24, 2.45) is 0 Å². The standard InChI is InChI=1S/C23H19Cl2N3O4S/c1-13(2)14-3-7-17(8-4-14)32-23-26-19-9-5-15(11-20(19)27-23)22(29)28-33(30,31)21-10-6-16(24)12-18(21)25/h3-13H,1-2H3,(H,26,27)(H,28,29). The lowest BCUT2D eigenvalue weighted by molar-refractivity contribution is 0.0981. The molecule has 0 aliphatic carbocycles. The Labute approximate surface area is 200 Å². The van der Waals surface area contributed by atoms with Crippen molar-refractivity contribution in [3.05, 3.63) is 81.8 Å². The molecule has 0 radical (unpaired) electrons. The van der Waals surface area contributed by atoms with Crippen LogP contribution in [-0.2, 0) is 10.0 Å². The number of nitrogens with one attached hydrogen (secondary N) is 2. The third kappa shape index (κ3) is 5.13. The van der Waals surface area contributed by atoms with Crippen molar-refractivity contribution < 1.29 is 17.9 Å². The monoisotopic (exact) mass is 503 g/mol. The van der Waals surface area contributed by atoms with Gasteiger partial charge in [-0.1, -0.05) is 49.2 Å². The smallest absolute Gasteiger partial charge is 0.300 e. The van der Waals surface area contributed by atoms with Crippen LogP contribution >= 0.6 is 23.2 Å². The Morgan fingerprint density at radius 1 is 1.03 bits per heavy atom. The van der Waals surface area contributed by atoms with Gasteiger partial charge in [0.25, 0.3) is 21.9 Å². The predicted molar refractivity (Wildman–Crippen MR) is 128 cm³/mol. The lowest BCUT2D eigenvalue weighted by Crippen LogP contribution is -2.30. The minimum atomic E-state index is -4.19. The summed E-state index contributed by atoms with van der Waals surface area (Å²) >= 11 is 11.8. The van der Waals surface area contributed by atoms with Crippen molar-refractivity contribution in [3.63, 3.8) is 0 Å². The summed E-state index contributed by atoms with van der Waals surface area (Å²) < 4.78 is 33.0. The molecular formula is C23H19Cl2N3O4S. The van der Waals surface area contributed by atoms with Gasteiger partial charge in [0, 0.05) is 10.6 Å². The lowest BCUT2D eigenvalue weighted by atomic mass is 10.0. The number of amides is 1. The molecule has 1 amide bonds. The third-order valence-corrected chi connectivity index (χ3v) is 6.94. The Balaban J connectivity index is 1.53. The highest BCUT2D eigenvalue weighted by Gasteiger charge is 2.22. The van der Waals surface area contributed by atoms with Gasteiger partial charge in [-0.25, -0.2) is 13.1 Å². The average molecular weight is 504 g/mol. The molecule has 0 atom stereocenters. The van der Waals surface area contributed by atoms with Crippen LogP contribution in [0.5, 0.6) is 11.8 Å². The van der Waals surface area contributed by atoms with E-state index in [2.05, 4.69) is 23.8 Å². The summed E-state index contributed by atoms with van der Waals surface area (Å²) in [5.41, 5.74) is 2.38. The fraction of sp³-hybridized carbons (Fsp3) is 0.130. The Morgan fingerprint density at radius 2 is 1.76 bits per heavy atom. The van der Waals surface area contributed by atoms with E-state index in [1.54, 1.807) is 6.07 Å². The number of nitrogens with zero attached hydrogens (tertiary/aromatic N) is 1. The molecule has 7 nitrogen and oxygen atoms in total. The zero-order valence-corrected chi connectivity index (χ0v) is 19.9. The molecule has 2 N–H and O–H groups in total. The van der Waals surface area contributed by atoms with Crippen LogP contribution in [0.2, 0.25) is 10.0 Å². The zero-order valence-electron chi connectivity index (χ0n) is 17.6. The molecule has 1 heterocycles. The second-order valence-corrected chi connectivity index (χ2v) is 10.1. The number of fused-ring (bicyclic) bond motifs is 1. The van der Waals surface area contributed by atoms with Gasteiger partial charge in [-0.15, -0.1) is 0 Å². The van der Waals surface area contributed by atoms with E-state index < -0.39 is 15.9 Å². The molecule has 4 aromatic rings. The Bertz CT molecular complexity index is 1450. The summed E-state index contributed by atoms with van der Waals surface area (Å²) in [6.45, 7) is 4.22. The van der Waals surface area contributed by atoms with Crippen LogP contribution in [0.1, 0.15) is 35.7 Å². The van der Waals surface area contributed by atoms with E-state index >= 15 is 0 Å². The number of sulfonamides is 1. The summed E-state index contributed by atoms with van der Waals surface area (Å²) in [5, 5.41) is 0.193. The molecule has 0 saturated heterocycles. The van der Waals surface area contributed by atoms with Crippen molar-refractivity contribution in [3.8, 4) is 11.8 Å². The number of ether oxygens (including phenoxy) is 1. The van der Waals surface area contributed by atoms with E-state index in [0.717, 1.165) is 0 Å². The normalized spacial score (nSPS) is 11.7. The highest BCUT2D eigenvalue weighted by atomic mass is 35.5. The maximum absolute atomic E-state index is 12.6. The molecule has 1 aromatic heterocycles. The van der Waals surface area contributed by atoms with Gasteiger partial charge in [-0.2, -0.15) is 4.98 Å². The van der Waals surface area contributed by atoms with Gasteiger partial charge >= 0.3 is 0 Å². The van der Waals surface area contributed by atoms with Crippen molar-refractivity contribution in [1.82, 2.24) is 14.7 Å². The lowest BCUT2D eigenvalue weighted by Gasteiger charge is -2.08. The Hall–Kier alpha value is -3.07. The highest BCUT2D eigenvalue weighted by Crippen LogP contribution is 2.26. The number of hydrogen-bond acceptors (Lipinski definition) is 5. The minimum Gasteiger partial charge on any atom is -0.426 e. The number of halogens is 2. The van der Waals surface area contributed by atoms with Crippen LogP contribution in [0.4, 0.5) is 0 Å². The molecular weight excluding hydrogens is 485 g/mol. The van der Waals surface area contributed by atoms with Gasteiger partial charge < -0.3 is 9.72 Å². The second kappa shape index (κ2) is 9.05. The Kier molecular flexibility index (Phi) is 6.34. The second-order valence-electron chi connectivity index (χ2n) is 7.61. The SMILES string of the molecule is CC(C)c1ccc(Oc2nc3ccc(C(=O)NS(=O)(=O)c4ccc(Cl)cc4Cl)cc3[nH]2)cc1. The molecule has 0 aliphatic rings. The van der Waals surface area contributed by atoms with Crippen LogP contribution in [0.25, 0.3) is 11.0 Å². The van der Waals surface area contributed by atoms with Crippen LogP contribution in [0, 0.1) is 0 Å². The number of aromatic nitrogens is 2. The van der Waals surface area contributed by atoms with E-state index in [9.17, 15) is 13.2 Å². The molecule has 0 unspecified atom stereocenters. The number of H-pyrrole nitrogens is 1. The minimum absolute atomic E-state index is 0.0879. The number of carbonyl (C=O) groups is 1. The van der Waals surface area contributed by atoms with Crippen LogP contribution in [0.3, 0.4) is 0 Å². The van der Waals surface area contributed by atoms with Crippen LogP contribution in [-0.4, -0.2) is 24.3 Å².